The Morgan fingerprint density at radius 2 is 2.05 bits per heavy atom. The third-order valence-corrected chi connectivity index (χ3v) is 3.61. The minimum absolute atomic E-state index is 0.393. The first-order chi connectivity index (χ1) is 10.1. The normalized spacial score (nSPS) is 10.9. The fourth-order valence-electron chi connectivity index (χ4n) is 1.80. The van der Waals surface area contributed by atoms with Crippen LogP contribution >= 0.6 is 23.2 Å². The van der Waals surface area contributed by atoms with E-state index in [2.05, 4.69) is 24.1 Å². The third kappa shape index (κ3) is 4.88. The predicted octanol–water partition coefficient (Wildman–Crippen LogP) is 4.93. The lowest BCUT2D eigenvalue weighted by molar-refractivity contribution is 0.461. The van der Waals surface area contributed by atoms with Crippen LogP contribution in [0.1, 0.15) is 19.4 Å². The Balaban J connectivity index is 2.05. The van der Waals surface area contributed by atoms with Crippen molar-refractivity contribution in [2.24, 2.45) is 5.92 Å². The first kappa shape index (κ1) is 16.1. The zero-order chi connectivity index (χ0) is 15.2. The highest BCUT2D eigenvalue weighted by atomic mass is 35.5. The maximum atomic E-state index is 6.10. The molecule has 112 valence electrons. The quantitative estimate of drug-likeness (QED) is 0.818. The van der Waals surface area contributed by atoms with Gasteiger partial charge in [0.25, 0.3) is 0 Å². The lowest BCUT2D eigenvalue weighted by Crippen LogP contribution is -2.18. The molecule has 0 atom stereocenters. The van der Waals surface area contributed by atoms with E-state index in [9.17, 15) is 0 Å². The van der Waals surface area contributed by atoms with Crippen LogP contribution in [0.3, 0.4) is 0 Å². The zero-order valence-corrected chi connectivity index (χ0v) is 13.6. The molecular formula is C16H18Cl2N2O. The number of nitrogens with zero attached hydrogens (tertiary/aromatic N) is 1. The monoisotopic (exact) mass is 324 g/mol. The van der Waals surface area contributed by atoms with Crippen molar-refractivity contribution in [2.75, 3.05) is 6.54 Å². The van der Waals surface area contributed by atoms with Gasteiger partial charge in [0.1, 0.15) is 10.8 Å². The van der Waals surface area contributed by atoms with E-state index in [1.54, 1.807) is 24.4 Å². The number of benzene rings is 1. The summed E-state index contributed by atoms with van der Waals surface area (Å²) in [5.41, 5.74) is 1.11. The van der Waals surface area contributed by atoms with E-state index >= 15 is 0 Å². The standard InChI is InChI=1S/C16H18Cl2N2O/c1-11(2)9-19-10-12-6-7-20-15(8-12)21-14-5-3-4-13(17)16(14)18/h3-8,11,19H,9-10H2,1-2H3. The third-order valence-electron chi connectivity index (χ3n) is 2.81. The maximum absolute atomic E-state index is 6.10. The van der Waals surface area contributed by atoms with Gasteiger partial charge in [-0.15, -0.1) is 0 Å². The van der Waals surface area contributed by atoms with Crippen molar-refractivity contribution in [1.82, 2.24) is 10.3 Å². The van der Waals surface area contributed by atoms with Gasteiger partial charge in [-0.3, -0.25) is 0 Å². The van der Waals surface area contributed by atoms with Gasteiger partial charge >= 0.3 is 0 Å². The molecule has 2 rings (SSSR count). The van der Waals surface area contributed by atoms with Gasteiger partial charge in [0.2, 0.25) is 5.88 Å². The van der Waals surface area contributed by atoms with Crippen LogP contribution < -0.4 is 10.1 Å². The lowest BCUT2D eigenvalue weighted by atomic mass is 10.2. The van der Waals surface area contributed by atoms with Crippen LogP contribution in [-0.4, -0.2) is 11.5 Å². The highest BCUT2D eigenvalue weighted by Gasteiger charge is 2.07. The van der Waals surface area contributed by atoms with Crippen LogP contribution in [0.25, 0.3) is 0 Å². The van der Waals surface area contributed by atoms with Crippen LogP contribution in [0, 0.1) is 5.92 Å². The minimum atomic E-state index is 0.393. The van der Waals surface area contributed by atoms with Gasteiger partial charge in [-0.2, -0.15) is 0 Å². The number of pyridine rings is 1. The topological polar surface area (TPSA) is 34.2 Å². The Hall–Kier alpha value is -1.29. The smallest absolute Gasteiger partial charge is 0.219 e. The number of hydrogen-bond donors (Lipinski definition) is 1. The van der Waals surface area contributed by atoms with E-state index in [0.717, 1.165) is 18.7 Å². The molecule has 0 unspecified atom stereocenters. The first-order valence-electron chi connectivity index (χ1n) is 6.84. The molecule has 0 bridgehead atoms. The van der Waals surface area contributed by atoms with Gasteiger partial charge in [0.05, 0.1) is 5.02 Å². The molecule has 1 aromatic carbocycles. The summed E-state index contributed by atoms with van der Waals surface area (Å²) in [6.07, 6.45) is 1.72. The molecule has 21 heavy (non-hydrogen) atoms. The molecule has 3 nitrogen and oxygen atoms in total. The molecule has 0 spiro atoms. The van der Waals surface area contributed by atoms with Gasteiger partial charge in [-0.05, 0) is 36.2 Å². The number of rotatable bonds is 6. The van der Waals surface area contributed by atoms with Gasteiger partial charge in [0, 0.05) is 18.8 Å². The van der Waals surface area contributed by atoms with Crippen molar-refractivity contribution < 1.29 is 4.74 Å². The van der Waals surface area contributed by atoms with Crippen molar-refractivity contribution in [3.63, 3.8) is 0 Å². The highest BCUT2D eigenvalue weighted by Crippen LogP contribution is 2.34. The van der Waals surface area contributed by atoms with Crippen LogP contribution in [-0.2, 0) is 6.54 Å². The summed E-state index contributed by atoms with van der Waals surface area (Å²) in [7, 11) is 0. The molecule has 2 aromatic rings. The molecule has 0 aliphatic heterocycles. The van der Waals surface area contributed by atoms with Crippen molar-refractivity contribution in [1.29, 1.82) is 0 Å². The second-order valence-electron chi connectivity index (χ2n) is 5.18. The molecule has 0 radical (unpaired) electrons. The molecule has 1 N–H and O–H groups in total. The summed E-state index contributed by atoms with van der Waals surface area (Å²) in [5.74, 6) is 1.62. The molecule has 0 fully saturated rings. The van der Waals surface area contributed by atoms with Crippen LogP contribution in [0.5, 0.6) is 11.6 Å². The second-order valence-corrected chi connectivity index (χ2v) is 5.97. The summed E-state index contributed by atoms with van der Waals surface area (Å²) in [5, 5.41) is 4.24. The summed E-state index contributed by atoms with van der Waals surface area (Å²) < 4.78 is 5.70. The highest BCUT2D eigenvalue weighted by molar-refractivity contribution is 6.42. The zero-order valence-electron chi connectivity index (χ0n) is 12.1. The van der Waals surface area contributed by atoms with E-state index in [0.29, 0.717) is 27.6 Å². The van der Waals surface area contributed by atoms with Gasteiger partial charge in [0.15, 0.2) is 0 Å². The molecule has 0 aliphatic rings. The van der Waals surface area contributed by atoms with E-state index in [4.69, 9.17) is 27.9 Å². The lowest BCUT2D eigenvalue weighted by Gasteiger charge is -2.10. The fourth-order valence-corrected chi connectivity index (χ4v) is 2.13. The fraction of sp³-hybridized carbons (Fsp3) is 0.312. The number of nitrogens with one attached hydrogen (secondary N) is 1. The Labute approximate surface area is 135 Å². The summed E-state index contributed by atoms with van der Waals surface area (Å²) in [6.45, 7) is 6.10. The van der Waals surface area contributed by atoms with Crippen molar-refractivity contribution in [3.05, 3.63) is 52.1 Å². The Morgan fingerprint density at radius 1 is 1.24 bits per heavy atom. The number of aromatic nitrogens is 1. The molecule has 0 aliphatic carbocycles. The average Bonchev–Trinajstić information content (AvgIpc) is 2.44. The number of ether oxygens (including phenoxy) is 1. The Kier molecular flexibility index (Phi) is 5.85. The van der Waals surface area contributed by atoms with E-state index < -0.39 is 0 Å². The van der Waals surface area contributed by atoms with Crippen LogP contribution in [0.15, 0.2) is 36.5 Å². The molecule has 0 amide bonds. The van der Waals surface area contributed by atoms with Crippen molar-refractivity contribution in [2.45, 2.75) is 20.4 Å². The first-order valence-corrected chi connectivity index (χ1v) is 7.59. The van der Waals surface area contributed by atoms with Gasteiger partial charge in [-0.1, -0.05) is 43.1 Å². The van der Waals surface area contributed by atoms with Crippen LogP contribution in [0.2, 0.25) is 10.0 Å². The maximum Gasteiger partial charge on any atom is 0.219 e. The van der Waals surface area contributed by atoms with Gasteiger partial charge < -0.3 is 10.1 Å². The largest absolute Gasteiger partial charge is 0.437 e. The van der Waals surface area contributed by atoms with Crippen molar-refractivity contribution in [3.8, 4) is 11.6 Å². The van der Waals surface area contributed by atoms with Crippen LogP contribution in [0.4, 0.5) is 0 Å². The Morgan fingerprint density at radius 3 is 2.81 bits per heavy atom. The van der Waals surface area contributed by atoms with E-state index in [1.807, 2.05) is 12.1 Å². The number of hydrogen-bond acceptors (Lipinski definition) is 3. The second kappa shape index (κ2) is 7.64. The average molecular weight is 325 g/mol. The summed E-state index contributed by atoms with van der Waals surface area (Å²) >= 11 is 12.1. The minimum Gasteiger partial charge on any atom is -0.437 e. The van der Waals surface area contributed by atoms with E-state index in [1.165, 1.54) is 0 Å². The molecule has 0 saturated carbocycles. The molecule has 1 heterocycles. The molecular weight excluding hydrogens is 307 g/mol. The summed E-state index contributed by atoms with van der Waals surface area (Å²) in [6, 6.07) is 9.12. The van der Waals surface area contributed by atoms with Gasteiger partial charge in [-0.25, -0.2) is 4.98 Å². The summed E-state index contributed by atoms with van der Waals surface area (Å²) in [4.78, 5) is 4.20. The van der Waals surface area contributed by atoms with E-state index in [-0.39, 0.29) is 0 Å². The number of halogens is 2. The van der Waals surface area contributed by atoms with Crippen molar-refractivity contribution >= 4 is 23.2 Å². The Bertz CT molecular complexity index is 603. The molecule has 0 saturated heterocycles. The molecule has 5 heteroatoms. The predicted molar refractivity (Wildman–Crippen MR) is 87.3 cm³/mol. The molecule has 1 aromatic heterocycles. The SMILES string of the molecule is CC(C)CNCc1ccnc(Oc2cccc(Cl)c2Cl)c1.